The van der Waals surface area contributed by atoms with Gasteiger partial charge in [-0.1, -0.05) is 30.3 Å². The third-order valence-electron chi connectivity index (χ3n) is 2.83. The molecule has 0 bridgehead atoms. The van der Waals surface area contributed by atoms with Crippen LogP contribution in [0.1, 0.15) is 16.8 Å². The van der Waals surface area contributed by atoms with E-state index < -0.39 is 0 Å². The minimum atomic E-state index is 0.441. The quantitative estimate of drug-likeness (QED) is 0.889. The van der Waals surface area contributed by atoms with Crippen LogP contribution in [0.2, 0.25) is 0 Å². The van der Waals surface area contributed by atoms with Gasteiger partial charge in [0.05, 0.1) is 0 Å². The highest BCUT2D eigenvalue weighted by Crippen LogP contribution is 2.09. The summed E-state index contributed by atoms with van der Waals surface area (Å²) in [5, 5.41) is 12.0. The molecule has 0 aliphatic rings. The molecule has 0 atom stereocenters. The summed E-state index contributed by atoms with van der Waals surface area (Å²) in [5.74, 6) is 0.752. The molecule has 0 unspecified atom stereocenters. The van der Waals surface area contributed by atoms with Gasteiger partial charge in [0.1, 0.15) is 17.6 Å². The second-order valence-corrected chi connectivity index (χ2v) is 4.12. The molecule has 0 amide bonds. The van der Waals surface area contributed by atoms with E-state index in [-0.39, 0.29) is 0 Å². The molecule has 0 aliphatic carbocycles. The Hall–Kier alpha value is -2.34. The van der Waals surface area contributed by atoms with E-state index in [1.807, 2.05) is 24.3 Å². The number of nitriles is 1. The molecule has 2 rings (SSSR count). The van der Waals surface area contributed by atoms with Gasteiger partial charge in [-0.25, -0.2) is 4.98 Å². The number of rotatable bonds is 4. The van der Waals surface area contributed by atoms with Gasteiger partial charge >= 0.3 is 0 Å². The number of hydrogen-bond acceptors (Lipinski definition) is 3. The zero-order valence-corrected chi connectivity index (χ0v) is 10.4. The molecule has 3 heteroatoms. The molecule has 0 spiro atoms. The minimum absolute atomic E-state index is 0.441. The zero-order valence-electron chi connectivity index (χ0n) is 10.4. The molecular formula is C15H15N3. The predicted octanol–water partition coefficient (Wildman–Crippen LogP) is 2.92. The molecular weight excluding hydrogens is 222 g/mol. The highest BCUT2D eigenvalue weighted by molar-refractivity contribution is 5.38. The van der Waals surface area contributed by atoms with Gasteiger partial charge in [-0.2, -0.15) is 5.26 Å². The SMILES string of the molecule is Cc1ccccc1CCNc1cccc(C#N)n1. The fourth-order valence-electron chi connectivity index (χ4n) is 1.81. The summed E-state index contributed by atoms with van der Waals surface area (Å²) in [7, 11) is 0. The molecule has 3 nitrogen and oxygen atoms in total. The molecule has 0 radical (unpaired) electrons. The monoisotopic (exact) mass is 237 g/mol. The van der Waals surface area contributed by atoms with E-state index >= 15 is 0 Å². The molecule has 1 aromatic heterocycles. The molecule has 18 heavy (non-hydrogen) atoms. The van der Waals surface area contributed by atoms with E-state index in [0.29, 0.717) is 5.69 Å². The number of anilines is 1. The number of nitrogens with zero attached hydrogens (tertiary/aromatic N) is 2. The van der Waals surface area contributed by atoms with Crippen molar-refractivity contribution in [3.05, 3.63) is 59.3 Å². The Morgan fingerprint density at radius 3 is 2.78 bits per heavy atom. The van der Waals surface area contributed by atoms with Crippen LogP contribution in [0.25, 0.3) is 0 Å². The summed E-state index contributed by atoms with van der Waals surface area (Å²) in [6, 6.07) is 15.8. The second kappa shape index (κ2) is 5.83. The maximum atomic E-state index is 8.76. The lowest BCUT2D eigenvalue weighted by molar-refractivity contribution is 0.992. The van der Waals surface area contributed by atoms with Crippen molar-refractivity contribution in [1.82, 2.24) is 4.98 Å². The van der Waals surface area contributed by atoms with E-state index in [9.17, 15) is 0 Å². The standard InChI is InChI=1S/C15H15N3/c1-12-5-2-3-6-13(12)9-10-17-15-8-4-7-14(11-16)18-15/h2-8H,9-10H2,1H3,(H,17,18). The van der Waals surface area contributed by atoms with Crippen molar-refractivity contribution in [1.29, 1.82) is 5.26 Å². The molecule has 2 aromatic rings. The Bertz CT molecular complexity index is 570. The highest BCUT2D eigenvalue weighted by atomic mass is 15.0. The van der Waals surface area contributed by atoms with Gasteiger partial charge in [0, 0.05) is 6.54 Å². The first-order chi connectivity index (χ1) is 8.79. The number of nitrogens with one attached hydrogen (secondary N) is 1. The minimum Gasteiger partial charge on any atom is -0.370 e. The van der Waals surface area contributed by atoms with E-state index in [2.05, 4.69) is 35.4 Å². The number of benzene rings is 1. The van der Waals surface area contributed by atoms with Crippen LogP contribution in [-0.4, -0.2) is 11.5 Å². The van der Waals surface area contributed by atoms with Crippen LogP contribution < -0.4 is 5.32 Å². The van der Waals surface area contributed by atoms with Crippen LogP contribution in [0, 0.1) is 18.3 Å². The number of pyridine rings is 1. The van der Waals surface area contributed by atoms with Crippen LogP contribution in [-0.2, 0) is 6.42 Å². The Morgan fingerprint density at radius 1 is 1.17 bits per heavy atom. The average Bonchev–Trinajstić information content (AvgIpc) is 2.41. The van der Waals surface area contributed by atoms with Crippen LogP contribution >= 0.6 is 0 Å². The van der Waals surface area contributed by atoms with Crippen molar-refractivity contribution in [3.8, 4) is 6.07 Å². The Morgan fingerprint density at radius 2 is 2.00 bits per heavy atom. The van der Waals surface area contributed by atoms with Gasteiger partial charge < -0.3 is 5.32 Å². The molecule has 1 N–H and O–H groups in total. The third-order valence-corrected chi connectivity index (χ3v) is 2.83. The number of hydrogen-bond donors (Lipinski definition) is 1. The van der Waals surface area contributed by atoms with Gasteiger partial charge in [0.2, 0.25) is 0 Å². The van der Waals surface area contributed by atoms with E-state index in [0.717, 1.165) is 18.8 Å². The Kier molecular flexibility index (Phi) is 3.93. The summed E-state index contributed by atoms with van der Waals surface area (Å²) in [4.78, 5) is 4.17. The number of aromatic nitrogens is 1. The highest BCUT2D eigenvalue weighted by Gasteiger charge is 1.98. The average molecular weight is 237 g/mol. The van der Waals surface area contributed by atoms with E-state index in [1.54, 1.807) is 6.07 Å². The zero-order chi connectivity index (χ0) is 12.8. The summed E-state index contributed by atoms with van der Waals surface area (Å²) in [6.45, 7) is 2.93. The summed E-state index contributed by atoms with van der Waals surface area (Å²) >= 11 is 0. The fourth-order valence-corrected chi connectivity index (χ4v) is 1.81. The van der Waals surface area contributed by atoms with Crippen LogP contribution in [0.3, 0.4) is 0 Å². The predicted molar refractivity (Wildman–Crippen MR) is 72.3 cm³/mol. The Balaban J connectivity index is 1.93. The van der Waals surface area contributed by atoms with Crippen LogP contribution in [0.15, 0.2) is 42.5 Å². The normalized spacial score (nSPS) is 9.78. The molecule has 90 valence electrons. The van der Waals surface area contributed by atoms with Crippen molar-refractivity contribution in [3.63, 3.8) is 0 Å². The van der Waals surface area contributed by atoms with Crippen molar-refractivity contribution < 1.29 is 0 Å². The lowest BCUT2D eigenvalue weighted by Gasteiger charge is -2.07. The maximum absolute atomic E-state index is 8.76. The van der Waals surface area contributed by atoms with Crippen molar-refractivity contribution >= 4 is 5.82 Å². The largest absolute Gasteiger partial charge is 0.370 e. The van der Waals surface area contributed by atoms with E-state index in [1.165, 1.54) is 11.1 Å². The molecule has 0 fully saturated rings. The Labute approximate surface area is 107 Å². The second-order valence-electron chi connectivity index (χ2n) is 4.12. The van der Waals surface area contributed by atoms with Crippen molar-refractivity contribution in [2.75, 3.05) is 11.9 Å². The first-order valence-corrected chi connectivity index (χ1v) is 5.95. The van der Waals surface area contributed by atoms with Gasteiger partial charge in [0.25, 0.3) is 0 Å². The molecule has 1 heterocycles. The van der Waals surface area contributed by atoms with Gasteiger partial charge in [-0.15, -0.1) is 0 Å². The van der Waals surface area contributed by atoms with Crippen molar-refractivity contribution in [2.24, 2.45) is 0 Å². The summed E-state index contributed by atoms with van der Waals surface area (Å²) < 4.78 is 0. The van der Waals surface area contributed by atoms with E-state index in [4.69, 9.17) is 5.26 Å². The third kappa shape index (κ3) is 3.08. The number of aryl methyl sites for hydroxylation is 1. The molecule has 1 aromatic carbocycles. The summed E-state index contributed by atoms with van der Waals surface area (Å²) in [5.41, 5.74) is 3.08. The van der Waals surface area contributed by atoms with Gasteiger partial charge in [0.15, 0.2) is 0 Å². The lowest BCUT2D eigenvalue weighted by Crippen LogP contribution is -2.07. The summed E-state index contributed by atoms with van der Waals surface area (Å²) in [6.07, 6.45) is 0.950. The van der Waals surface area contributed by atoms with Gasteiger partial charge in [-0.3, -0.25) is 0 Å². The lowest BCUT2D eigenvalue weighted by atomic mass is 10.1. The fraction of sp³-hybridized carbons (Fsp3) is 0.200. The van der Waals surface area contributed by atoms with Gasteiger partial charge in [-0.05, 0) is 36.6 Å². The van der Waals surface area contributed by atoms with Crippen LogP contribution in [0.4, 0.5) is 5.82 Å². The molecule has 0 saturated carbocycles. The smallest absolute Gasteiger partial charge is 0.142 e. The van der Waals surface area contributed by atoms with Crippen LogP contribution in [0.5, 0.6) is 0 Å². The topological polar surface area (TPSA) is 48.7 Å². The first-order valence-electron chi connectivity index (χ1n) is 5.95. The first kappa shape index (κ1) is 12.1. The van der Waals surface area contributed by atoms with Crippen molar-refractivity contribution in [2.45, 2.75) is 13.3 Å². The maximum Gasteiger partial charge on any atom is 0.142 e. The molecule has 0 aliphatic heterocycles. The molecule has 0 saturated heterocycles.